The molecule has 0 fully saturated rings. The number of hydrogen-bond acceptors (Lipinski definition) is 2. The summed E-state index contributed by atoms with van der Waals surface area (Å²) in [5.74, 6) is 0.728. The maximum atomic E-state index is 9.43. The number of nitrogens with zero attached hydrogens (tertiary/aromatic N) is 1. The van der Waals surface area contributed by atoms with Crippen molar-refractivity contribution < 1.29 is 5.11 Å². The van der Waals surface area contributed by atoms with Gasteiger partial charge in [-0.1, -0.05) is 27.7 Å². The first-order valence-corrected chi connectivity index (χ1v) is 5.93. The first-order valence-electron chi connectivity index (χ1n) is 5.93. The Morgan fingerprint density at radius 3 is 2.44 bits per heavy atom. The molecule has 1 unspecified atom stereocenters. The molecular formula is C14H23NO+. The molecule has 0 bridgehead atoms. The molecule has 0 aromatic carbocycles. The van der Waals surface area contributed by atoms with E-state index >= 15 is 0 Å². The maximum Gasteiger partial charge on any atom is 0.440 e. The van der Waals surface area contributed by atoms with Crippen molar-refractivity contribution in [3.05, 3.63) is 23.4 Å². The van der Waals surface area contributed by atoms with Gasteiger partial charge < -0.3 is 0 Å². The molecule has 0 aliphatic heterocycles. The molecule has 1 N–H and O–H groups in total. The molecule has 1 radical (unpaired) electrons. The summed E-state index contributed by atoms with van der Waals surface area (Å²) in [6, 6.07) is 3.75. The molecule has 2 heteroatoms. The Labute approximate surface area is 98.7 Å². The van der Waals surface area contributed by atoms with Gasteiger partial charge in [-0.25, -0.2) is 0 Å². The van der Waals surface area contributed by atoms with Crippen molar-refractivity contribution in [3.8, 4) is 5.88 Å². The molecule has 1 rings (SSSR count). The van der Waals surface area contributed by atoms with Crippen molar-refractivity contribution in [2.45, 2.75) is 47.5 Å². The quantitative estimate of drug-likeness (QED) is 0.729. The van der Waals surface area contributed by atoms with E-state index in [2.05, 4.69) is 38.7 Å². The van der Waals surface area contributed by atoms with Crippen molar-refractivity contribution >= 4 is 0 Å². The average molecular weight is 221 g/mol. The van der Waals surface area contributed by atoms with E-state index in [9.17, 15) is 5.11 Å². The van der Waals surface area contributed by atoms with Gasteiger partial charge in [-0.3, -0.25) is 5.11 Å². The third kappa shape index (κ3) is 4.65. The lowest BCUT2D eigenvalue weighted by Crippen LogP contribution is -2.13. The zero-order valence-electron chi connectivity index (χ0n) is 11.0. The Bertz CT molecular complexity index is 332. The Balaban J connectivity index is 2.66. The van der Waals surface area contributed by atoms with E-state index in [0.717, 1.165) is 17.7 Å². The minimum Gasteiger partial charge on any atom is -0.255 e. The summed E-state index contributed by atoms with van der Waals surface area (Å²) in [6.07, 6.45) is 2.11. The summed E-state index contributed by atoms with van der Waals surface area (Å²) in [6.45, 7) is 11.0. The summed E-state index contributed by atoms with van der Waals surface area (Å²) >= 11 is 0. The topological polar surface area (TPSA) is 34.3 Å². The second-order valence-corrected chi connectivity index (χ2v) is 6.07. The monoisotopic (exact) mass is 221 g/mol. The van der Waals surface area contributed by atoms with Gasteiger partial charge in [0.05, 0.1) is 11.8 Å². The summed E-state index contributed by atoms with van der Waals surface area (Å²) in [7, 11) is 0. The molecule has 0 saturated carbocycles. The van der Waals surface area contributed by atoms with Crippen molar-refractivity contribution in [3.63, 3.8) is 0 Å². The molecule has 0 saturated heterocycles. The third-order valence-corrected chi connectivity index (χ3v) is 2.53. The second kappa shape index (κ2) is 4.86. The zero-order chi connectivity index (χ0) is 12.3. The molecule has 2 nitrogen and oxygen atoms in total. The summed E-state index contributed by atoms with van der Waals surface area (Å²) in [5, 5.41) is 9.43. The molecule has 16 heavy (non-hydrogen) atoms. The van der Waals surface area contributed by atoms with Gasteiger partial charge in [-0.2, -0.15) is 4.98 Å². The molecular weight excluding hydrogens is 198 g/mol. The summed E-state index contributed by atoms with van der Waals surface area (Å²) in [4.78, 5) is 4.16. The summed E-state index contributed by atoms with van der Waals surface area (Å²) in [5.41, 5.74) is 2.42. The van der Waals surface area contributed by atoms with Gasteiger partial charge in [0.25, 0.3) is 0 Å². The van der Waals surface area contributed by atoms with E-state index in [1.165, 1.54) is 6.42 Å². The molecule has 1 aromatic heterocycles. The zero-order valence-corrected chi connectivity index (χ0v) is 11.0. The minimum atomic E-state index is 0.137. The third-order valence-electron chi connectivity index (χ3n) is 2.53. The van der Waals surface area contributed by atoms with Crippen LogP contribution in [-0.4, -0.2) is 10.1 Å². The van der Waals surface area contributed by atoms with Crippen LogP contribution in [0.25, 0.3) is 0 Å². The predicted molar refractivity (Wildman–Crippen MR) is 67.6 cm³/mol. The molecule has 89 valence electrons. The first kappa shape index (κ1) is 13.0. The fourth-order valence-corrected chi connectivity index (χ4v) is 2.30. The lowest BCUT2D eigenvalue weighted by atomic mass is 9.83. The Morgan fingerprint density at radius 2 is 1.94 bits per heavy atom. The maximum absolute atomic E-state index is 9.43. The van der Waals surface area contributed by atoms with E-state index in [-0.39, 0.29) is 5.88 Å². The standard InChI is InChI=1S/C14H23NO/c1-10-6-12(15-13(16)8-10)7-11(2)9-14(3,4)5/h6,8,11,16H,7,9H2,1-5H3/q+1. The first-order chi connectivity index (χ1) is 7.26. The van der Waals surface area contributed by atoms with Crippen LogP contribution in [0.5, 0.6) is 5.88 Å². The molecule has 0 spiro atoms. The number of pyridine rings is 1. The molecule has 1 atom stereocenters. The molecule has 1 heterocycles. The molecule has 0 amide bonds. The van der Waals surface area contributed by atoms with Gasteiger partial charge in [0.15, 0.2) is 0 Å². The van der Waals surface area contributed by atoms with Crippen LogP contribution in [0.15, 0.2) is 12.1 Å². The highest BCUT2D eigenvalue weighted by Crippen LogP contribution is 2.26. The lowest BCUT2D eigenvalue weighted by molar-refractivity contribution is 0.304. The van der Waals surface area contributed by atoms with Gasteiger partial charge in [0.1, 0.15) is 0 Å². The SMILES string of the molecule is Cc1cc([OH+])nc(CC(C)CC(C)(C)C)c1. The van der Waals surface area contributed by atoms with Crippen molar-refractivity contribution in [2.24, 2.45) is 11.3 Å². The van der Waals surface area contributed by atoms with Crippen LogP contribution in [0.1, 0.15) is 45.4 Å². The number of aryl methyl sites for hydroxylation is 1. The van der Waals surface area contributed by atoms with Gasteiger partial charge in [-0.05, 0) is 42.7 Å². The van der Waals surface area contributed by atoms with Crippen molar-refractivity contribution in [1.29, 1.82) is 0 Å². The van der Waals surface area contributed by atoms with Crippen LogP contribution in [0.4, 0.5) is 0 Å². The van der Waals surface area contributed by atoms with E-state index in [0.29, 0.717) is 11.3 Å². The van der Waals surface area contributed by atoms with Crippen molar-refractivity contribution in [2.75, 3.05) is 0 Å². The molecule has 1 aromatic rings. The molecule has 0 aliphatic carbocycles. The average Bonchev–Trinajstić information content (AvgIpc) is 1.96. The van der Waals surface area contributed by atoms with Gasteiger partial charge in [0, 0.05) is 0 Å². The van der Waals surface area contributed by atoms with Crippen LogP contribution < -0.4 is 0 Å². The largest absolute Gasteiger partial charge is 0.440 e. The number of aromatic hydroxyl groups is 1. The van der Waals surface area contributed by atoms with Crippen LogP contribution in [0.2, 0.25) is 0 Å². The van der Waals surface area contributed by atoms with Crippen molar-refractivity contribution in [1.82, 2.24) is 4.98 Å². The second-order valence-electron chi connectivity index (χ2n) is 6.07. The smallest absolute Gasteiger partial charge is 0.255 e. The normalized spacial score (nSPS) is 13.8. The number of rotatable bonds is 3. The van der Waals surface area contributed by atoms with E-state index in [1.54, 1.807) is 6.07 Å². The molecule has 0 aliphatic rings. The van der Waals surface area contributed by atoms with Gasteiger partial charge in [-0.15, -0.1) is 0 Å². The van der Waals surface area contributed by atoms with Crippen LogP contribution in [-0.2, 0) is 6.42 Å². The van der Waals surface area contributed by atoms with Gasteiger partial charge >= 0.3 is 5.88 Å². The Kier molecular flexibility index (Phi) is 3.95. The fourth-order valence-electron chi connectivity index (χ4n) is 2.30. The van der Waals surface area contributed by atoms with Crippen LogP contribution in [0.3, 0.4) is 0 Å². The summed E-state index contributed by atoms with van der Waals surface area (Å²) < 4.78 is 0. The highest BCUT2D eigenvalue weighted by molar-refractivity contribution is 5.23. The highest BCUT2D eigenvalue weighted by atomic mass is 16.3. The van der Waals surface area contributed by atoms with E-state index in [4.69, 9.17) is 0 Å². The van der Waals surface area contributed by atoms with Gasteiger partial charge in [0.2, 0.25) is 0 Å². The van der Waals surface area contributed by atoms with Crippen LogP contribution >= 0.6 is 0 Å². The van der Waals surface area contributed by atoms with Crippen LogP contribution in [0, 0.1) is 18.3 Å². The number of hydrogen-bond donors (Lipinski definition) is 0. The Hall–Kier alpha value is -1.05. The highest BCUT2D eigenvalue weighted by Gasteiger charge is 2.16. The lowest BCUT2D eigenvalue weighted by Gasteiger charge is -2.22. The number of aromatic nitrogens is 1. The Morgan fingerprint density at radius 1 is 1.31 bits per heavy atom. The van der Waals surface area contributed by atoms with E-state index < -0.39 is 0 Å². The van der Waals surface area contributed by atoms with E-state index in [1.807, 2.05) is 6.92 Å². The fraction of sp³-hybridized carbons (Fsp3) is 0.643. The minimum absolute atomic E-state index is 0.137. The predicted octanol–water partition coefficient (Wildman–Crippen LogP) is 3.71.